The number of nitrogen functional groups attached to an aromatic ring is 1. The van der Waals surface area contributed by atoms with E-state index in [1.807, 2.05) is 13.8 Å². The van der Waals surface area contributed by atoms with Crippen LogP contribution >= 0.6 is 15.9 Å². The summed E-state index contributed by atoms with van der Waals surface area (Å²) in [6.07, 6.45) is 0.573. The molecule has 0 fully saturated rings. The molecule has 0 bridgehead atoms. The average Bonchev–Trinajstić information content (AvgIpc) is 2.32. The second-order valence-corrected chi connectivity index (χ2v) is 5.26. The number of hydrogen-bond donors (Lipinski definition) is 2. The number of carbonyl (C=O) groups is 1. The van der Waals surface area contributed by atoms with Gasteiger partial charge in [-0.15, -0.1) is 0 Å². The molecule has 0 atom stereocenters. The highest BCUT2D eigenvalue weighted by atomic mass is 79.9. The summed E-state index contributed by atoms with van der Waals surface area (Å²) in [6, 6.07) is 5.26. The molecule has 1 rings (SSSR count). The van der Waals surface area contributed by atoms with Crippen molar-refractivity contribution in [3.8, 4) is 0 Å². The molecule has 0 saturated heterocycles. The summed E-state index contributed by atoms with van der Waals surface area (Å²) in [6.45, 7) is 4.52. The van der Waals surface area contributed by atoms with Gasteiger partial charge >= 0.3 is 0 Å². The third kappa shape index (κ3) is 3.71. The van der Waals surface area contributed by atoms with Gasteiger partial charge in [0.1, 0.15) is 0 Å². The summed E-state index contributed by atoms with van der Waals surface area (Å²) in [5, 5.41) is 8.88. The Kier molecular flexibility index (Phi) is 5.62. The fraction of sp³-hybridized carbons (Fsp3) is 0.462. The van der Waals surface area contributed by atoms with Gasteiger partial charge in [-0.1, -0.05) is 0 Å². The zero-order valence-electron chi connectivity index (χ0n) is 10.7. The quantitative estimate of drug-likeness (QED) is 0.819. The number of nitrogens with two attached hydrogens (primary N) is 1. The Morgan fingerprint density at radius 2 is 2.17 bits per heavy atom. The van der Waals surface area contributed by atoms with Crippen molar-refractivity contribution in [1.29, 1.82) is 0 Å². The van der Waals surface area contributed by atoms with Gasteiger partial charge in [0.05, 0.1) is 5.56 Å². The Morgan fingerprint density at radius 1 is 1.50 bits per heavy atom. The molecule has 0 radical (unpaired) electrons. The molecule has 0 heterocycles. The lowest BCUT2D eigenvalue weighted by Gasteiger charge is -2.27. The van der Waals surface area contributed by atoms with E-state index in [0.717, 1.165) is 4.47 Å². The number of carbonyl (C=O) groups excluding carboxylic acids is 1. The van der Waals surface area contributed by atoms with Crippen LogP contribution in [0.2, 0.25) is 0 Å². The van der Waals surface area contributed by atoms with Crippen molar-refractivity contribution in [2.24, 2.45) is 0 Å². The Balaban J connectivity index is 2.98. The van der Waals surface area contributed by atoms with E-state index in [4.69, 9.17) is 10.8 Å². The SMILES string of the molecule is CC(C)N(CCCO)C(=O)c1cc(N)ccc1Br. The molecule has 1 aromatic rings. The Labute approximate surface area is 116 Å². The fourth-order valence-electron chi connectivity index (χ4n) is 1.70. The van der Waals surface area contributed by atoms with E-state index >= 15 is 0 Å². The molecule has 1 amide bonds. The van der Waals surface area contributed by atoms with E-state index in [0.29, 0.717) is 24.2 Å². The lowest BCUT2D eigenvalue weighted by Crippen LogP contribution is -2.38. The van der Waals surface area contributed by atoms with Crippen molar-refractivity contribution < 1.29 is 9.90 Å². The van der Waals surface area contributed by atoms with Crippen LogP contribution in [-0.2, 0) is 0 Å². The number of anilines is 1. The van der Waals surface area contributed by atoms with Gasteiger partial charge in [-0.25, -0.2) is 0 Å². The first-order valence-corrected chi connectivity index (χ1v) is 6.73. The van der Waals surface area contributed by atoms with Gasteiger partial charge in [-0.3, -0.25) is 4.79 Å². The first kappa shape index (κ1) is 15.0. The van der Waals surface area contributed by atoms with E-state index in [2.05, 4.69) is 15.9 Å². The lowest BCUT2D eigenvalue weighted by atomic mass is 10.1. The molecule has 3 N–H and O–H groups in total. The molecular weight excluding hydrogens is 296 g/mol. The smallest absolute Gasteiger partial charge is 0.255 e. The van der Waals surface area contributed by atoms with E-state index in [1.165, 1.54) is 0 Å². The molecule has 0 aliphatic heterocycles. The summed E-state index contributed by atoms with van der Waals surface area (Å²) in [5.41, 5.74) is 6.83. The molecular formula is C13H19BrN2O2. The summed E-state index contributed by atoms with van der Waals surface area (Å²) >= 11 is 3.36. The van der Waals surface area contributed by atoms with Crippen LogP contribution in [0.15, 0.2) is 22.7 Å². The molecule has 5 heteroatoms. The summed E-state index contributed by atoms with van der Waals surface area (Å²) in [5.74, 6) is -0.0716. The first-order valence-electron chi connectivity index (χ1n) is 5.94. The van der Waals surface area contributed by atoms with Crippen LogP contribution in [0, 0.1) is 0 Å². The Morgan fingerprint density at radius 3 is 2.72 bits per heavy atom. The van der Waals surface area contributed by atoms with Gasteiger partial charge in [0.15, 0.2) is 0 Å². The monoisotopic (exact) mass is 314 g/mol. The predicted octanol–water partition coefficient (Wildman–Crippen LogP) is 2.26. The van der Waals surface area contributed by atoms with Crippen LogP contribution in [0.1, 0.15) is 30.6 Å². The van der Waals surface area contributed by atoms with E-state index in [9.17, 15) is 4.79 Å². The summed E-state index contributed by atoms with van der Waals surface area (Å²) < 4.78 is 0.733. The molecule has 0 aliphatic carbocycles. The minimum atomic E-state index is -0.0716. The third-order valence-corrected chi connectivity index (χ3v) is 3.35. The number of halogens is 1. The molecule has 0 saturated carbocycles. The maximum atomic E-state index is 12.4. The Hall–Kier alpha value is -1.07. The molecule has 1 aromatic carbocycles. The second-order valence-electron chi connectivity index (χ2n) is 4.41. The molecule has 0 aromatic heterocycles. The van der Waals surface area contributed by atoms with Crippen molar-refractivity contribution in [3.05, 3.63) is 28.2 Å². The van der Waals surface area contributed by atoms with E-state index in [1.54, 1.807) is 23.1 Å². The highest BCUT2D eigenvalue weighted by molar-refractivity contribution is 9.10. The van der Waals surface area contributed by atoms with Gasteiger partial charge in [0, 0.05) is 29.4 Å². The molecule has 0 unspecified atom stereocenters. The number of amides is 1. The highest BCUT2D eigenvalue weighted by Gasteiger charge is 2.20. The van der Waals surface area contributed by atoms with E-state index in [-0.39, 0.29) is 18.6 Å². The lowest BCUT2D eigenvalue weighted by molar-refractivity contribution is 0.0692. The second kappa shape index (κ2) is 6.75. The van der Waals surface area contributed by atoms with Crippen LogP contribution in [0.3, 0.4) is 0 Å². The largest absolute Gasteiger partial charge is 0.399 e. The predicted molar refractivity (Wildman–Crippen MR) is 76.4 cm³/mol. The van der Waals surface area contributed by atoms with Crippen LogP contribution < -0.4 is 5.73 Å². The van der Waals surface area contributed by atoms with Crippen LogP contribution in [0.5, 0.6) is 0 Å². The van der Waals surface area contributed by atoms with Gasteiger partial charge in [0.2, 0.25) is 0 Å². The first-order chi connectivity index (χ1) is 8.47. The molecule has 100 valence electrons. The van der Waals surface area contributed by atoms with Crippen molar-refractivity contribution in [1.82, 2.24) is 4.90 Å². The molecule has 18 heavy (non-hydrogen) atoms. The van der Waals surface area contributed by atoms with Gasteiger partial charge in [0.25, 0.3) is 5.91 Å². The van der Waals surface area contributed by atoms with Crippen molar-refractivity contribution in [2.75, 3.05) is 18.9 Å². The standard InChI is InChI=1S/C13H19BrN2O2/c1-9(2)16(6-3-7-17)13(18)11-8-10(15)4-5-12(11)14/h4-5,8-9,17H,3,6-7,15H2,1-2H3. The normalized spacial score (nSPS) is 10.7. The molecule has 4 nitrogen and oxygen atoms in total. The van der Waals surface area contributed by atoms with Crippen molar-refractivity contribution in [3.63, 3.8) is 0 Å². The zero-order valence-corrected chi connectivity index (χ0v) is 12.3. The summed E-state index contributed by atoms with van der Waals surface area (Å²) in [7, 11) is 0. The number of aliphatic hydroxyl groups is 1. The topological polar surface area (TPSA) is 66.6 Å². The number of nitrogens with zero attached hydrogens (tertiary/aromatic N) is 1. The minimum absolute atomic E-state index is 0.0716. The van der Waals surface area contributed by atoms with Crippen molar-refractivity contribution >= 4 is 27.5 Å². The Bertz CT molecular complexity index is 421. The van der Waals surface area contributed by atoms with Crippen LogP contribution in [-0.4, -0.2) is 35.1 Å². The molecule has 0 spiro atoms. The number of aliphatic hydroxyl groups excluding tert-OH is 1. The van der Waals surface area contributed by atoms with Gasteiger partial charge in [-0.05, 0) is 54.4 Å². The number of benzene rings is 1. The average molecular weight is 315 g/mol. The maximum Gasteiger partial charge on any atom is 0.255 e. The van der Waals surface area contributed by atoms with Crippen LogP contribution in [0.4, 0.5) is 5.69 Å². The minimum Gasteiger partial charge on any atom is -0.399 e. The van der Waals surface area contributed by atoms with Gasteiger partial charge in [-0.2, -0.15) is 0 Å². The summed E-state index contributed by atoms with van der Waals surface area (Å²) in [4.78, 5) is 14.2. The van der Waals surface area contributed by atoms with Crippen molar-refractivity contribution in [2.45, 2.75) is 26.3 Å². The highest BCUT2D eigenvalue weighted by Crippen LogP contribution is 2.22. The molecule has 0 aliphatic rings. The van der Waals surface area contributed by atoms with E-state index < -0.39 is 0 Å². The fourth-order valence-corrected chi connectivity index (χ4v) is 2.11. The maximum absolute atomic E-state index is 12.4. The zero-order chi connectivity index (χ0) is 13.7. The number of rotatable bonds is 5. The van der Waals surface area contributed by atoms with Crippen LogP contribution in [0.25, 0.3) is 0 Å². The van der Waals surface area contributed by atoms with Gasteiger partial charge < -0.3 is 15.7 Å². The third-order valence-electron chi connectivity index (χ3n) is 2.66. The number of hydrogen-bond acceptors (Lipinski definition) is 3.